The van der Waals surface area contributed by atoms with Gasteiger partial charge >= 0.3 is 5.97 Å². The number of carbonyl (C=O) groups excluding carboxylic acids is 1. The van der Waals surface area contributed by atoms with Crippen LogP contribution in [0.3, 0.4) is 0 Å². The summed E-state index contributed by atoms with van der Waals surface area (Å²) in [6.45, 7) is 3.61. The predicted octanol–water partition coefficient (Wildman–Crippen LogP) is 2.21. The van der Waals surface area contributed by atoms with Crippen molar-refractivity contribution in [1.82, 2.24) is 35.2 Å². The first-order chi connectivity index (χ1) is 15.4. The maximum Gasteiger partial charge on any atom is 0.330 e. The van der Waals surface area contributed by atoms with Gasteiger partial charge in [-0.05, 0) is 31.2 Å². The van der Waals surface area contributed by atoms with Crippen molar-refractivity contribution in [2.45, 2.75) is 27.0 Å². The van der Waals surface area contributed by atoms with Gasteiger partial charge in [0.05, 0.1) is 0 Å². The number of rotatable bonds is 7. The molecule has 0 aliphatic rings. The fourth-order valence-corrected chi connectivity index (χ4v) is 2.76. The summed E-state index contributed by atoms with van der Waals surface area (Å²) in [5.74, 6) is 0.349. The Balaban J connectivity index is 1.35. The normalized spacial score (nSPS) is 10.7. The summed E-state index contributed by atoms with van der Waals surface area (Å²) in [4.78, 5) is 25.7. The zero-order chi connectivity index (χ0) is 22.5. The summed E-state index contributed by atoms with van der Waals surface area (Å²) in [6.07, 6.45) is 0. The van der Waals surface area contributed by atoms with Crippen molar-refractivity contribution in [3.8, 4) is 11.4 Å². The molecule has 11 nitrogen and oxygen atoms in total. The number of aryl methyl sites for hydroxylation is 2. The van der Waals surface area contributed by atoms with Crippen molar-refractivity contribution in [3.05, 3.63) is 65.5 Å². The fourth-order valence-electron chi connectivity index (χ4n) is 2.76. The Hall–Kier alpha value is -4.41. The molecule has 0 saturated carbocycles. The van der Waals surface area contributed by atoms with Gasteiger partial charge in [0, 0.05) is 11.3 Å². The molecule has 0 saturated heterocycles. The Bertz CT molecular complexity index is 1220. The van der Waals surface area contributed by atoms with Gasteiger partial charge in [0.1, 0.15) is 0 Å². The van der Waals surface area contributed by atoms with E-state index in [1.165, 1.54) is 4.80 Å². The Kier molecular flexibility index (Phi) is 5.97. The number of nitrogens with two attached hydrogens (primary N) is 1. The van der Waals surface area contributed by atoms with Crippen LogP contribution in [-0.2, 0) is 22.7 Å². The standard InChI is InChI=1S/C21H21N9O2/c1-13-3-7-15(8-4-13)19-27-29-30(28-19)11-18(31)32-12-17-24-20(22)26-21(25-17)23-16-9-5-14(2)6-10-16/h3-10H,11-12H2,1-2H3,(H3,22,23,24,25,26). The molecule has 2 heterocycles. The molecule has 0 radical (unpaired) electrons. The molecule has 162 valence electrons. The molecule has 3 N–H and O–H groups in total. The van der Waals surface area contributed by atoms with Gasteiger partial charge in [0.15, 0.2) is 19.0 Å². The average molecular weight is 431 g/mol. The van der Waals surface area contributed by atoms with Gasteiger partial charge in [-0.2, -0.15) is 19.7 Å². The number of tetrazole rings is 1. The quantitative estimate of drug-likeness (QED) is 0.417. The third-order valence-corrected chi connectivity index (χ3v) is 4.40. The molecule has 0 spiro atoms. The Labute approximate surface area is 183 Å². The lowest BCUT2D eigenvalue weighted by Crippen LogP contribution is -2.17. The van der Waals surface area contributed by atoms with Crippen molar-refractivity contribution in [2.75, 3.05) is 11.1 Å². The van der Waals surface area contributed by atoms with E-state index in [1.807, 2.05) is 62.4 Å². The van der Waals surface area contributed by atoms with Gasteiger partial charge in [-0.25, -0.2) is 4.79 Å². The van der Waals surface area contributed by atoms with Crippen LogP contribution in [0.1, 0.15) is 17.0 Å². The molecule has 11 heteroatoms. The maximum absolute atomic E-state index is 12.2. The number of aromatic nitrogens is 7. The number of nitrogens with one attached hydrogen (secondary N) is 1. The number of esters is 1. The van der Waals surface area contributed by atoms with E-state index in [0.29, 0.717) is 5.82 Å². The minimum Gasteiger partial charge on any atom is -0.456 e. The third-order valence-electron chi connectivity index (χ3n) is 4.40. The maximum atomic E-state index is 12.2. The van der Waals surface area contributed by atoms with E-state index in [1.54, 1.807) is 0 Å². The summed E-state index contributed by atoms with van der Waals surface area (Å²) in [5, 5.41) is 15.1. The number of carbonyl (C=O) groups is 1. The van der Waals surface area contributed by atoms with Gasteiger partial charge in [-0.1, -0.05) is 47.5 Å². The van der Waals surface area contributed by atoms with Crippen LogP contribution in [-0.4, -0.2) is 41.1 Å². The van der Waals surface area contributed by atoms with Gasteiger partial charge in [-0.3, -0.25) is 0 Å². The number of anilines is 3. The lowest BCUT2D eigenvalue weighted by atomic mass is 10.1. The Morgan fingerprint density at radius 1 is 1.00 bits per heavy atom. The van der Waals surface area contributed by atoms with Crippen molar-refractivity contribution >= 4 is 23.6 Å². The highest BCUT2D eigenvalue weighted by molar-refractivity contribution is 5.69. The van der Waals surface area contributed by atoms with Crippen molar-refractivity contribution in [3.63, 3.8) is 0 Å². The molecule has 4 rings (SSSR count). The van der Waals surface area contributed by atoms with Crippen molar-refractivity contribution in [1.29, 1.82) is 0 Å². The van der Waals surface area contributed by atoms with E-state index < -0.39 is 5.97 Å². The first-order valence-electron chi connectivity index (χ1n) is 9.79. The summed E-state index contributed by atoms with van der Waals surface area (Å²) >= 11 is 0. The van der Waals surface area contributed by atoms with E-state index in [0.717, 1.165) is 22.4 Å². The molecule has 0 aliphatic carbocycles. The minimum atomic E-state index is -0.565. The van der Waals surface area contributed by atoms with Crippen molar-refractivity contribution < 1.29 is 9.53 Å². The van der Waals surface area contributed by atoms with Gasteiger partial charge in [0.2, 0.25) is 17.7 Å². The lowest BCUT2D eigenvalue weighted by molar-refractivity contribution is -0.146. The van der Waals surface area contributed by atoms with E-state index in [-0.39, 0.29) is 30.9 Å². The molecule has 2 aromatic carbocycles. The summed E-state index contributed by atoms with van der Waals surface area (Å²) < 4.78 is 5.23. The monoisotopic (exact) mass is 431 g/mol. The third kappa shape index (κ3) is 5.39. The molecule has 0 atom stereocenters. The number of ether oxygens (including phenoxy) is 1. The molecule has 4 aromatic rings. The molecule has 32 heavy (non-hydrogen) atoms. The SMILES string of the molecule is Cc1ccc(Nc2nc(N)nc(COC(=O)Cn3nnc(-c4ccc(C)cc4)n3)n2)cc1. The second kappa shape index (κ2) is 9.16. The lowest BCUT2D eigenvalue weighted by Gasteiger charge is -2.08. The van der Waals surface area contributed by atoms with Crippen molar-refractivity contribution in [2.24, 2.45) is 0 Å². The summed E-state index contributed by atoms with van der Waals surface area (Å²) in [7, 11) is 0. The predicted molar refractivity (Wildman–Crippen MR) is 116 cm³/mol. The second-order valence-corrected chi connectivity index (χ2v) is 7.09. The van der Waals surface area contributed by atoms with E-state index in [4.69, 9.17) is 10.5 Å². The molecule has 0 aliphatic heterocycles. The zero-order valence-electron chi connectivity index (χ0n) is 17.6. The number of benzene rings is 2. The molecular weight excluding hydrogens is 410 g/mol. The van der Waals surface area contributed by atoms with Crippen LogP contribution < -0.4 is 11.1 Å². The van der Waals surface area contributed by atoms with Crippen LogP contribution in [0.25, 0.3) is 11.4 Å². The van der Waals surface area contributed by atoms with Crippen LogP contribution in [0.15, 0.2) is 48.5 Å². The van der Waals surface area contributed by atoms with Gasteiger partial charge in [-0.15, -0.1) is 10.2 Å². The Morgan fingerprint density at radius 3 is 2.41 bits per heavy atom. The molecule has 0 amide bonds. The number of hydrogen-bond acceptors (Lipinski definition) is 10. The molecule has 0 bridgehead atoms. The van der Waals surface area contributed by atoms with E-state index >= 15 is 0 Å². The average Bonchev–Trinajstić information content (AvgIpc) is 3.22. The summed E-state index contributed by atoms with van der Waals surface area (Å²) in [6, 6.07) is 15.4. The first-order valence-corrected chi connectivity index (χ1v) is 9.79. The van der Waals surface area contributed by atoms with Crippen LogP contribution in [0.2, 0.25) is 0 Å². The summed E-state index contributed by atoms with van der Waals surface area (Å²) in [5.41, 5.74) is 9.62. The molecule has 2 aromatic heterocycles. The van der Waals surface area contributed by atoms with Crippen LogP contribution in [0, 0.1) is 13.8 Å². The topological polar surface area (TPSA) is 147 Å². The largest absolute Gasteiger partial charge is 0.456 e. The van der Waals surface area contributed by atoms with E-state index in [2.05, 4.69) is 35.7 Å². The highest BCUT2D eigenvalue weighted by atomic mass is 16.5. The highest BCUT2D eigenvalue weighted by Crippen LogP contribution is 2.15. The van der Waals surface area contributed by atoms with Crippen LogP contribution >= 0.6 is 0 Å². The van der Waals surface area contributed by atoms with E-state index in [9.17, 15) is 4.79 Å². The second-order valence-electron chi connectivity index (χ2n) is 7.09. The zero-order valence-corrected chi connectivity index (χ0v) is 17.6. The molecule has 0 fully saturated rings. The van der Waals surface area contributed by atoms with Gasteiger partial charge < -0.3 is 15.8 Å². The first kappa shape index (κ1) is 20.8. The molecule has 0 unspecified atom stereocenters. The minimum absolute atomic E-state index is 0.0151. The Morgan fingerprint density at radius 2 is 1.69 bits per heavy atom. The molecular formula is C21H21N9O2. The smallest absolute Gasteiger partial charge is 0.330 e. The number of nitrogens with zero attached hydrogens (tertiary/aromatic N) is 7. The van der Waals surface area contributed by atoms with Gasteiger partial charge in [0.25, 0.3) is 0 Å². The fraction of sp³-hybridized carbons (Fsp3) is 0.190. The number of nitrogen functional groups attached to an aromatic ring is 1. The highest BCUT2D eigenvalue weighted by Gasteiger charge is 2.12. The van der Waals surface area contributed by atoms with Crippen LogP contribution in [0.4, 0.5) is 17.6 Å². The number of hydrogen-bond donors (Lipinski definition) is 2. The van der Waals surface area contributed by atoms with Crippen LogP contribution in [0.5, 0.6) is 0 Å².